The van der Waals surface area contributed by atoms with Crippen LogP contribution in [-0.4, -0.2) is 46.2 Å². The summed E-state index contributed by atoms with van der Waals surface area (Å²) in [5.41, 5.74) is 6.06. The fourth-order valence-electron chi connectivity index (χ4n) is 2.01. The molecule has 0 unspecified atom stereocenters. The number of nitrogens with zero attached hydrogens (tertiary/aromatic N) is 1. The van der Waals surface area contributed by atoms with Crippen LogP contribution in [0.5, 0.6) is 0 Å². The predicted octanol–water partition coefficient (Wildman–Crippen LogP) is 0.801. The Morgan fingerprint density at radius 1 is 1.40 bits per heavy atom. The van der Waals surface area contributed by atoms with Gasteiger partial charge in [0.05, 0.1) is 5.69 Å². The zero-order valence-electron chi connectivity index (χ0n) is 11.1. The van der Waals surface area contributed by atoms with E-state index in [1.54, 1.807) is 0 Å². The minimum Gasteiger partial charge on any atom is -0.399 e. The van der Waals surface area contributed by atoms with Gasteiger partial charge < -0.3 is 16.0 Å². The molecule has 0 spiro atoms. The van der Waals surface area contributed by atoms with Crippen LogP contribution in [0.3, 0.4) is 0 Å². The Hall–Kier alpha value is -1.47. The number of carbonyl (C=O) groups is 1. The van der Waals surface area contributed by atoms with Gasteiger partial charge in [0, 0.05) is 54.0 Å². The minimum atomic E-state index is -0.718. The zero-order chi connectivity index (χ0) is 14.5. The maximum absolute atomic E-state index is 13.5. The summed E-state index contributed by atoms with van der Waals surface area (Å²) in [4.78, 5) is 13.9. The lowest BCUT2D eigenvalue weighted by molar-refractivity contribution is -0.116. The van der Waals surface area contributed by atoms with Gasteiger partial charge in [-0.1, -0.05) is 0 Å². The van der Waals surface area contributed by atoms with Crippen molar-refractivity contribution in [1.29, 1.82) is 0 Å². The number of nitrogens with one attached hydrogen (secondary N) is 1. The molecule has 7 heteroatoms. The van der Waals surface area contributed by atoms with Crippen molar-refractivity contribution >= 4 is 28.1 Å². The number of nitrogens with two attached hydrogens (primary N) is 1. The largest absolute Gasteiger partial charge is 0.399 e. The van der Waals surface area contributed by atoms with E-state index in [0.717, 1.165) is 13.1 Å². The molecule has 1 aromatic carbocycles. The van der Waals surface area contributed by atoms with Crippen molar-refractivity contribution in [3.8, 4) is 0 Å². The second kappa shape index (κ2) is 6.81. The summed E-state index contributed by atoms with van der Waals surface area (Å²) in [6, 6.07) is 4.07. The van der Waals surface area contributed by atoms with E-state index in [1.165, 1.54) is 18.2 Å². The molecule has 1 aromatic rings. The third-order valence-electron chi connectivity index (χ3n) is 3.19. The first-order valence-corrected chi connectivity index (χ1v) is 7.95. The van der Waals surface area contributed by atoms with Crippen LogP contribution in [0.1, 0.15) is 6.42 Å². The van der Waals surface area contributed by atoms with Gasteiger partial charge in [-0.3, -0.25) is 9.00 Å². The van der Waals surface area contributed by atoms with Crippen molar-refractivity contribution in [1.82, 2.24) is 4.90 Å². The third-order valence-corrected chi connectivity index (χ3v) is 4.47. The number of hydrogen-bond donors (Lipinski definition) is 2. The highest BCUT2D eigenvalue weighted by molar-refractivity contribution is 7.85. The molecule has 1 aliphatic rings. The van der Waals surface area contributed by atoms with Crippen molar-refractivity contribution in [3.63, 3.8) is 0 Å². The van der Waals surface area contributed by atoms with Crippen molar-refractivity contribution in [2.75, 3.05) is 42.2 Å². The first-order valence-electron chi connectivity index (χ1n) is 6.47. The molecule has 5 nitrogen and oxygen atoms in total. The maximum atomic E-state index is 13.5. The number of nitrogen functional groups attached to an aromatic ring is 1. The number of hydrogen-bond acceptors (Lipinski definition) is 4. The fourth-order valence-corrected chi connectivity index (χ4v) is 3.14. The molecular formula is C13H18FN3O2S. The number of benzene rings is 1. The lowest BCUT2D eigenvalue weighted by Gasteiger charge is -2.25. The summed E-state index contributed by atoms with van der Waals surface area (Å²) in [5.74, 6) is 0.568. The second-order valence-corrected chi connectivity index (χ2v) is 6.42. The summed E-state index contributed by atoms with van der Waals surface area (Å²) in [6.45, 7) is 2.08. The second-order valence-electron chi connectivity index (χ2n) is 4.73. The van der Waals surface area contributed by atoms with Gasteiger partial charge in [0.25, 0.3) is 0 Å². The Kier molecular flexibility index (Phi) is 5.08. The third kappa shape index (κ3) is 4.28. The molecule has 0 aromatic heterocycles. The molecule has 110 valence electrons. The minimum absolute atomic E-state index is 0.106. The SMILES string of the molecule is Nc1ccc(F)c(NC(=O)CCN2CCS(=O)CC2)c1. The number of amides is 1. The molecule has 3 N–H and O–H groups in total. The molecule has 1 saturated heterocycles. The molecule has 0 radical (unpaired) electrons. The van der Waals surface area contributed by atoms with E-state index >= 15 is 0 Å². The van der Waals surface area contributed by atoms with E-state index in [9.17, 15) is 13.4 Å². The highest BCUT2D eigenvalue weighted by Crippen LogP contribution is 2.17. The summed E-state index contributed by atoms with van der Waals surface area (Å²) in [5, 5.41) is 2.52. The Labute approximate surface area is 119 Å². The molecule has 0 bridgehead atoms. The first kappa shape index (κ1) is 14.9. The van der Waals surface area contributed by atoms with E-state index in [2.05, 4.69) is 10.2 Å². The topological polar surface area (TPSA) is 75.4 Å². The molecular weight excluding hydrogens is 281 g/mol. The standard InChI is InChI=1S/C13H18FN3O2S/c14-11-2-1-10(15)9-12(11)16-13(18)3-4-17-5-7-20(19)8-6-17/h1-2,9H,3-8,15H2,(H,16,18). The monoisotopic (exact) mass is 299 g/mol. The molecule has 20 heavy (non-hydrogen) atoms. The van der Waals surface area contributed by atoms with Gasteiger partial charge >= 0.3 is 0 Å². The van der Waals surface area contributed by atoms with Crippen LogP contribution in [0.2, 0.25) is 0 Å². The summed E-state index contributed by atoms with van der Waals surface area (Å²) in [6.07, 6.45) is 0.279. The van der Waals surface area contributed by atoms with E-state index in [1.807, 2.05) is 0 Å². The Bertz CT molecular complexity index is 514. The summed E-state index contributed by atoms with van der Waals surface area (Å²) >= 11 is 0. The fraction of sp³-hybridized carbons (Fsp3) is 0.462. The predicted molar refractivity (Wildman–Crippen MR) is 78.4 cm³/mol. The normalized spacial score (nSPS) is 17.1. The number of carbonyl (C=O) groups excluding carboxylic acids is 1. The Balaban J connectivity index is 1.80. The molecule has 0 atom stereocenters. The van der Waals surface area contributed by atoms with E-state index in [0.29, 0.717) is 23.7 Å². The number of rotatable bonds is 4. The summed E-state index contributed by atoms with van der Waals surface area (Å²) in [7, 11) is -0.718. The van der Waals surface area contributed by atoms with Crippen molar-refractivity contribution in [2.45, 2.75) is 6.42 Å². The van der Waals surface area contributed by atoms with Crippen LogP contribution in [0.25, 0.3) is 0 Å². The molecule has 0 saturated carbocycles. The molecule has 1 aliphatic heterocycles. The van der Waals surface area contributed by atoms with Gasteiger partial charge in [-0.25, -0.2) is 4.39 Å². The van der Waals surface area contributed by atoms with Crippen LogP contribution < -0.4 is 11.1 Å². The van der Waals surface area contributed by atoms with Crippen LogP contribution in [0.4, 0.5) is 15.8 Å². The highest BCUT2D eigenvalue weighted by atomic mass is 32.2. The van der Waals surface area contributed by atoms with Gasteiger partial charge in [-0.05, 0) is 18.2 Å². The maximum Gasteiger partial charge on any atom is 0.225 e. The van der Waals surface area contributed by atoms with Crippen LogP contribution >= 0.6 is 0 Å². The van der Waals surface area contributed by atoms with Gasteiger partial charge in [-0.2, -0.15) is 0 Å². The summed E-state index contributed by atoms with van der Waals surface area (Å²) < 4.78 is 24.7. The number of anilines is 2. The first-order chi connectivity index (χ1) is 9.54. The zero-order valence-corrected chi connectivity index (χ0v) is 11.9. The van der Waals surface area contributed by atoms with Crippen LogP contribution in [0.15, 0.2) is 18.2 Å². The van der Waals surface area contributed by atoms with Gasteiger partial charge in [0.15, 0.2) is 0 Å². The highest BCUT2D eigenvalue weighted by Gasteiger charge is 2.16. The van der Waals surface area contributed by atoms with Crippen LogP contribution in [0, 0.1) is 5.82 Å². The molecule has 1 amide bonds. The lowest BCUT2D eigenvalue weighted by Crippen LogP contribution is -2.39. The van der Waals surface area contributed by atoms with Gasteiger partial charge in [0.2, 0.25) is 5.91 Å². The average molecular weight is 299 g/mol. The van der Waals surface area contributed by atoms with Gasteiger partial charge in [-0.15, -0.1) is 0 Å². The van der Waals surface area contributed by atoms with Crippen molar-refractivity contribution in [2.24, 2.45) is 0 Å². The number of halogens is 1. The van der Waals surface area contributed by atoms with Gasteiger partial charge in [0.1, 0.15) is 5.82 Å². The smallest absolute Gasteiger partial charge is 0.225 e. The lowest BCUT2D eigenvalue weighted by atomic mass is 10.2. The van der Waals surface area contributed by atoms with Crippen molar-refractivity contribution < 1.29 is 13.4 Å². The van der Waals surface area contributed by atoms with E-state index in [4.69, 9.17) is 5.73 Å². The van der Waals surface area contributed by atoms with Crippen LogP contribution in [-0.2, 0) is 15.6 Å². The molecule has 0 aliphatic carbocycles. The van der Waals surface area contributed by atoms with E-state index < -0.39 is 16.6 Å². The molecule has 2 rings (SSSR count). The molecule has 1 heterocycles. The Morgan fingerprint density at radius 3 is 2.80 bits per heavy atom. The average Bonchev–Trinajstić information content (AvgIpc) is 2.42. The quantitative estimate of drug-likeness (QED) is 0.807. The van der Waals surface area contributed by atoms with Crippen molar-refractivity contribution in [3.05, 3.63) is 24.0 Å². The van der Waals surface area contributed by atoms with E-state index in [-0.39, 0.29) is 18.0 Å². The Morgan fingerprint density at radius 2 is 2.10 bits per heavy atom. The molecule has 1 fully saturated rings.